The van der Waals surface area contributed by atoms with Crippen LogP contribution in [0.3, 0.4) is 0 Å². The zero-order valence-electron chi connectivity index (χ0n) is 44.7. The van der Waals surface area contributed by atoms with Gasteiger partial charge in [-0.25, -0.2) is 0 Å². The van der Waals surface area contributed by atoms with Crippen LogP contribution in [-0.2, 0) is 18.4 Å². The van der Waals surface area contributed by atoms with E-state index in [1.54, 1.807) is 6.08 Å². The van der Waals surface area contributed by atoms with Gasteiger partial charge in [0, 0.05) is 6.42 Å². The van der Waals surface area contributed by atoms with Crippen LogP contribution >= 0.6 is 7.82 Å². The third kappa shape index (κ3) is 50.8. The summed E-state index contributed by atoms with van der Waals surface area (Å²) in [5.74, 6) is -0.202. The number of quaternary nitrogens is 1. The first-order valence-electron chi connectivity index (χ1n) is 28.7. The van der Waals surface area contributed by atoms with Gasteiger partial charge in [-0.05, 0) is 32.1 Å². The quantitative estimate of drug-likeness (QED) is 0.0272. The molecule has 0 aliphatic carbocycles. The number of carbonyl (C=O) groups excluding carboxylic acids is 1. The molecular weight excluding hydrogens is 840 g/mol. The smallest absolute Gasteiger partial charge is 0.268 e. The highest BCUT2D eigenvalue weighted by Crippen LogP contribution is 2.38. The molecule has 3 unspecified atom stereocenters. The Morgan fingerprint density at radius 2 is 0.848 bits per heavy atom. The van der Waals surface area contributed by atoms with Gasteiger partial charge in [-0.15, -0.1) is 0 Å². The fourth-order valence-electron chi connectivity index (χ4n) is 8.64. The van der Waals surface area contributed by atoms with E-state index in [0.717, 1.165) is 38.5 Å². The maximum Gasteiger partial charge on any atom is 0.268 e. The van der Waals surface area contributed by atoms with Crippen molar-refractivity contribution in [2.45, 2.75) is 296 Å². The number of carbonyl (C=O) groups is 1. The summed E-state index contributed by atoms with van der Waals surface area (Å²) in [7, 11) is 1.26. The predicted molar refractivity (Wildman–Crippen MR) is 284 cm³/mol. The van der Waals surface area contributed by atoms with Gasteiger partial charge < -0.3 is 28.8 Å². The van der Waals surface area contributed by atoms with Crippen molar-refractivity contribution in [1.29, 1.82) is 0 Å². The Morgan fingerprint density at radius 3 is 1.23 bits per heavy atom. The first kappa shape index (κ1) is 65.0. The number of hydrogen-bond donors (Lipinski definition) is 2. The molecule has 1 amide bonds. The van der Waals surface area contributed by atoms with Crippen LogP contribution in [0.4, 0.5) is 0 Å². The molecule has 3 atom stereocenters. The Hall–Kier alpha value is -1.02. The normalized spacial score (nSPS) is 14.1. The standard InChI is InChI=1S/C57H113N2O6P/c1-6-8-10-12-14-16-18-20-22-23-24-25-26-27-28-29-30-31-32-33-34-35-37-39-41-43-45-47-49-51-57(61)58-55(54-65-66(62,63)64-53-52-59(3,4)5)56(60)50-48-46-44-42-40-38-36-21-19-17-15-13-11-9-7-2/h40,42,48,50,55-56,60H,6-39,41,43-47,49,51-54H2,1-5H3,(H-,58,61,62,63)/b42-40+,50-48+. The lowest BCUT2D eigenvalue weighted by Gasteiger charge is -2.29. The molecule has 2 N–H and O–H groups in total. The van der Waals surface area contributed by atoms with Gasteiger partial charge in [0.05, 0.1) is 39.9 Å². The summed E-state index contributed by atoms with van der Waals surface area (Å²) in [5, 5.41) is 13.8. The lowest BCUT2D eigenvalue weighted by Crippen LogP contribution is -2.45. The highest BCUT2D eigenvalue weighted by Gasteiger charge is 2.23. The Kier molecular flexibility index (Phi) is 48.2. The van der Waals surface area contributed by atoms with E-state index < -0.39 is 20.0 Å². The van der Waals surface area contributed by atoms with Crippen LogP contribution in [0.2, 0.25) is 0 Å². The number of nitrogens with zero attached hydrogens (tertiary/aromatic N) is 1. The monoisotopic (exact) mass is 953 g/mol. The Bertz CT molecular complexity index is 1130. The summed E-state index contributed by atoms with van der Waals surface area (Å²) >= 11 is 0. The number of nitrogens with one attached hydrogen (secondary N) is 1. The van der Waals surface area contributed by atoms with Crippen molar-refractivity contribution in [3.63, 3.8) is 0 Å². The van der Waals surface area contributed by atoms with Crippen LogP contribution in [-0.4, -0.2) is 68.5 Å². The van der Waals surface area contributed by atoms with Crippen LogP contribution in [0.25, 0.3) is 0 Å². The predicted octanol–water partition coefficient (Wildman–Crippen LogP) is 16.6. The highest BCUT2D eigenvalue weighted by atomic mass is 31.2. The molecule has 0 fully saturated rings. The van der Waals surface area contributed by atoms with Gasteiger partial charge in [-0.1, -0.05) is 269 Å². The van der Waals surface area contributed by atoms with Crippen molar-refractivity contribution in [3.05, 3.63) is 24.3 Å². The summed E-state index contributed by atoms with van der Waals surface area (Å²) < 4.78 is 23.3. The van der Waals surface area contributed by atoms with E-state index in [2.05, 4.69) is 31.3 Å². The van der Waals surface area contributed by atoms with E-state index in [-0.39, 0.29) is 19.1 Å². The lowest BCUT2D eigenvalue weighted by atomic mass is 10.0. The molecule has 0 radical (unpaired) electrons. The number of phosphoric acid groups is 1. The summed E-state index contributed by atoms with van der Waals surface area (Å²) in [4.78, 5) is 25.4. The van der Waals surface area contributed by atoms with Crippen LogP contribution in [0.1, 0.15) is 284 Å². The van der Waals surface area contributed by atoms with Gasteiger partial charge in [0.2, 0.25) is 5.91 Å². The minimum Gasteiger partial charge on any atom is -0.756 e. The Morgan fingerprint density at radius 1 is 0.515 bits per heavy atom. The summed E-state index contributed by atoms with van der Waals surface area (Å²) in [5.41, 5.74) is 0. The molecule has 8 nitrogen and oxygen atoms in total. The molecule has 9 heteroatoms. The van der Waals surface area contributed by atoms with Gasteiger partial charge >= 0.3 is 0 Å². The van der Waals surface area contributed by atoms with Gasteiger partial charge in [-0.3, -0.25) is 9.36 Å². The molecule has 0 heterocycles. The van der Waals surface area contributed by atoms with Gasteiger partial charge in [0.15, 0.2) is 0 Å². The van der Waals surface area contributed by atoms with E-state index >= 15 is 0 Å². The fraction of sp³-hybridized carbons (Fsp3) is 0.912. The van der Waals surface area contributed by atoms with Crippen molar-refractivity contribution < 1.29 is 32.9 Å². The SMILES string of the molecule is CCCCCCCCCCC/C=C/CC/C=C/C(O)C(COP(=O)([O-])OCC[N+](C)(C)C)NC(=O)CCCCCCCCCCCCCCCCCCCCCCCCCCCCCCC. The van der Waals surface area contributed by atoms with Crippen molar-refractivity contribution in [1.82, 2.24) is 5.32 Å². The average molecular weight is 954 g/mol. The van der Waals surface area contributed by atoms with E-state index in [0.29, 0.717) is 17.4 Å². The third-order valence-electron chi connectivity index (χ3n) is 13.2. The molecule has 0 saturated heterocycles. The van der Waals surface area contributed by atoms with Crippen LogP contribution in [0.15, 0.2) is 24.3 Å². The number of aliphatic hydroxyl groups excluding tert-OH is 1. The molecule has 392 valence electrons. The Labute approximate surface area is 411 Å². The topological polar surface area (TPSA) is 108 Å². The van der Waals surface area contributed by atoms with Crippen molar-refractivity contribution in [3.8, 4) is 0 Å². The highest BCUT2D eigenvalue weighted by molar-refractivity contribution is 7.45. The van der Waals surface area contributed by atoms with Crippen molar-refractivity contribution in [2.24, 2.45) is 0 Å². The minimum atomic E-state index is -4.60. The summed E-state index contributed by atoms with van der Waals surface area (Å²) in [6.45, 7) is 4.66. The van der Waals surface area contributed by atoms with E-state index in [1.807, 2.05) is 27.2 Å². The van der Waals surface area contributed by atoms with Gasteiger partial charge in [-0.2, -0.15) is 0 Å². The zero-order chi connectivity index (χ0) is 48.5. The minimum absolute atomic E-state index is 0.00390. The molecule has 0 aromatic rings. The number of allylic oxidation sites excluding steroid dienone is 3. The fourth-order valence-corrected chi connectivity index (χ4v) is 9.37. The number of likely N-dealkylation sites (N-methyl/N-ethyl adjacent to an activating group) is 1. The van der Waals surface area contributed by atoms with E-state index in [9.17, 15) is 19.4 Å². The molecule has 0 aliphatic rings. The van der Waals surface area contributed by atoms with Crippen molar-refractivity contribution >= 4 is 13.7 Å². The molecule has 0 aromatic carbocycles. The molecule has 0 aromatic heterocycles. The Balaban J connectivity index is 4.09. The molecule has 0 aliphatic heterocycles. The summed E-state index contributed by atoms with van der Waals surface area (Å²) in [6, 6.07) is -0.899. The van der Waals surface area contributed by atoms with E-state index in [1.165, 1.54) is 225 Å². The third-order valence-corrected chi connectivity index (χ3v) is 14.1. The number of amides is 1. The van der Waals surface area contributed by atoms with E-state index in [4.69, 9.17) is 9.05 Å². The second kappa shape index (κ2) is 49.0. The second-order valence-corrected chi connectivity index (χ2v) is 22.4. The zero-order valence-corrected chi connectivity index (χ0v) is 45.6. The largest absolute Gasteiger partial charge is 0.756 e. The second-order valence-electron chi connectivity index (χ2n) is 21.0. The maximum absolute atomic E-state index is 12.9. The molecule has 0 spiro atoms. The van der Waals surface area contributed by atoms with Gasteiger partial charge in [0.25, 0.3) is 7.82 Å². The number of rotatable bonds is 53. The molecular formula is C57H113N2O6P. The molecule has 0 saturated carbocycles. The average Bonchev–Trinajstić information content (AvgIpc) is 3.28. The number of phosphoric ester groups is 1. The summed E-state index contributed by atoms with van der Waals surface area (Å²) in [6.07, 6.45) is 61.3. The molecule has 0 bridgehead atoms. The first-order valence-corrected chi connectivity index (χ1v) is 30.2. The maximum atomic E-state index is 12.9. The number of aliphatic hydroxyl groups is 1. The number of hydrogen-bond acceptors (Lipinski definition) is 6. The van der Waals surface area contributed by atoms with Crippen LogP contribution in [0.5, 0.6) is 0 Å². The van der Waals surface area contributed by atoms with Crippen LogP contribution < -0.4 is 10.2 Å². The van der Waals surface area contributed by atoms with Crippen LogP contribution in [0, 0.1) is 0 Å². The molecule has 66 heavy (non-hydrogen) atoms. The molecule has 0 rings (SSSR count). The lowest BCUT2D eigenvalue weighted by molar-refractivity contribution is -0.870. The number of unbranched alkanes of at least 4 members (excludes halogenated alkanes) is 38. The first-order chi connectivity index (χ1) is 32.0. The van der Waals surface area contributed by atoms with Gasteiger partial charge in [0.1, 0.15) is 13.2 Å². The van der Waals surface area contributed by atoms with Crippen molar-refractivity contribution in [2.75, 3.05) is 40.9 Å².